The fourth-order valence-electron chi connectivity index (χ4n) is 1.16. The van der Waals surface area contributed by atoms with Crippen LogP contribution < -0.4 is 9.47 Å². The number of benzene rings is 1. The second kappa shape index (κ2) is 4.00. The number of methoxy groups -OCH3 is 1. The summed E-state index contributed by atoms with van der Waals surface area (Å²) in [5.74, 6) is 1.65. The fourth-order valence-corrected chi connectivity index (χ4v) is 1.16. The van der Waals surface area contributed by atoms with Crippen LogP contribution in [-0.2, 0) is 0 Å². The molecular formula is C10H14O2. The molecule has 1 aromatic rings. The van der Waals surface area contributed by atoms with Gasteiger partial charge in [-0.25, -0.2) is 0 Å². The van der Waals surface area contributed by atoms with Crippen molar-refractivity contribution in [3.63, 3.8) is 0 Å². The summed E-state index contributed by atoms with van der Waals surface area (Å²) < 4.78 is 10.6. The van der Waals surface area contributed by atoms with Gasteiger partial charge in [-0.3, -0.25) is 0 Å². The van der Waals surface area contributed by atoms with E-state index in [1.54, 1.807) is 7.11 Å². The number of hydrogen-bond acceptors (Lipinski definition) is 2. The van der Waals surface area contributed by atoms with Crippen molar-refractivity contribution in [3.05, 3.63) is 23.8 Å². The highest BCUT2D eigenvalue weighted by Crippen LogP contribution is 2.29. The molecule has 12 heavy (non-hydrogen) atoms. The maximum atomic E-state index is 5.38. The van der Waals surface area contributed by atoms with Gasteiger partial charge in [-0.2, -0.15) is 0 Å². The van der Waals surface area contributed by atoms with E-state index in [0.29, 0.717) is 6.61 Å². The lowest BCUT2D eigenvalue weighted by Gasteiger charge is -2.10. The summed E-state index contributed by atoms with van der Waals surface area (Å²) in [4.78, 5) is 0. The molecule has 0 saturated carbocycles. The van der Waals surface area contributed by atoms with Crippen molar-refractivity contribution in [2.45, 2.75) is 13.8 Å². The third-order valence-corrected chi connectivity index (χ3v) is 1.68. The maximum Gasteiger partial charge on any atom is 0.163 e. The second-order valence-electron chi connectivity index (χ2n) is 2.54. The Morgan fingerprint density at radius 1 is 1.33 bits per heavy atom. The molecule has 1 aromatic carbocycles. The minimum absolute atomic E-state index is 0.666. The van der Waals surface area contributed by atoms with Crippen LogP contribution in [0.2, 0.25) is 0 Å². The largest absolute Gasteiger partial charge is 0.493 e. The number of para-hydroxylation sites is 1. The van der Waals surface area contributed by atoms with E-state index < -0.39 is 0 Å². The minimum Gasteiger partial charge on any atom is -0.493 e. The van der Waals surface area contributed by atoms with Gasteiger partial charge in [0.25, 0.3) is 0 Å². The van der Waals surface area contributed by atoms with Crippen LogP contribution in [0.5, 0.6) is 11.5 Å². The fraction of sp³-hybridized carbons (Fsp3) is 0.400. The Labute approximate surface area is 73.1 Å². The van der Waals surface area contributed by atoms with Crippen molar-refractivity contribution in [2.24, 2.45) is 0 Å². The summed E-state index contributed by atoms with van der Waals surface area (Å²) in [5.41, 5.74) is 1.10. The maximum absolute atomic E-state index is 5.38. The Balaban J connectivity index is 3.00. The van der Waals surface area contributed by atoms with Gasteiger partial charge >= 0.3 is 0 Å². The van der Waals surface area contributed by atoms with Crippen LogP contribution in [-0.4, -0.2) is 13.7 Å². The number of rotatable bonds is 3. The van der Waals surface area contributed by atoms with Crippen molar-refractivity contribution in [1.82, 2.24) is 0 Å². The second-order valence-corrected chi connectivity index (χ2v) is 2.54. The third-order valence-electron chi connectivity index (χ3n) is 1.68. The lowest BCUT2D eigenvalue weighted by Crippen LogP contribution is -1.96. The Morgan fingerprint density at radius 3 is 2.67 bits per heavy atom. The molecule has 0 fully saturated rings. The molecule has 1 rings (SSSR count). The number of ether oxygens (including phenoxy) is 2. The average Bonchev–Trinajstić information content (AvgIpc) is 2.05. The molecule has 0 aromatic heterocycles. The van der Waals surface area contributed by atoms with Crippen molar-refractivity contribution < 1.29 is 9.47 Å². The molecule has 0 amide bonds. The number of hydrogen-bond donors (Lipinski definition) is 0. The molecule has 0 aliphatic carbocycles. The molecule has 0 aliphatic rings. The summed E-state index contributed by atoms with van der Waals surface area (Å²) in [6.07, 6.45) is 0. The summed E-state index contributed by atoms with van der Waals surface area (Å²) in [6, 6.07) is 5.87. The standard InChI is InChI=1S/C10H14O2/c1-4-12-9-7-5-6-8(2)10(9)11-3/h5-7H,4H2,1-3H3. The predicted molar refractivity (Wildman–Crippen MR) is 48.9 cm³/mol. The van der Waals surface area contributed by atoms with Crippen LogP contribution >= 0.6 is 0 Å². The zero-order valence-corrected chi connectivity index (χ0v) is 7.76. The summed E-state index contributed by atoms with van der Waals surface area (Å²) >= 11 is 0. The van der Waals surface area contributed by atoms with Crippen molar-refractivity contribution in [2.75, 3.05) is 13.7 Å². The molecule has 0 atom stereocenters. The summed E-state index contributed by atoms with van der Waals surface area (Å²) in [7, 11) is 1.66. The number of aryl methyl sites for hydroxylation is 1. The van der Waals surface area contributed by atoms with Crippen LogP contribution in [0, 0.1) is 6.92 Å². The van der Waals surface area contributed by atoms with Gasteiger partial charge in [0.05, 0.1) is 13.7 Å². The summed E-state index contributed by atoms with van der Waals surface area (Å²) in [6.45, 7) is 4.63. The molecule has 0 heterocycles. The van der Waals surface area contributed by atoms with E-state index in [0.717, 1.165) is 17.1 Å². The van der Waals surface area contributed by atoms with Gasteiger partial charge < -0.3 is 9.47 Å². The lowest BCUT2D eigenvalue weighted by atomic mass is 10.2. The Bertz CT molecular complexity index is 256. The highest BCUT2D eigenvalue weighted by atomic mass is 16.5. The predicted octanol–water partition coefficient (Wildman–Crippen LogP) is 2.40. The van der Waals surface area contributed by atoms with Crippen LogP contribution in [0.3, 0.4) is 0 Å². The third kappa shape index (κ3) is 1.70. The van der Waals surface area contributed by atoms with Gasteiger partial charge in [0.15, 0.2) is 11.5 Å². The summed E-state index contributed by atoms with van der Waals surface area (Å²) in [5, 5.41) is 0. The molecule has 0 N–H and O–H groups in total. The molecular weight excluding hydrogens is 152 g/mol. The molecule has 2 heteroatoms. The van der Waals surface area contributed by atoms with Crippen LogP contribution in [0.15, 0.2) is 18.2 Å². The molecule has 2 nitrogen and oxygen atoms in total. The molecule has 66 valence electrons. The van der Waals surface area contributed by atoms with E-state index >= 15 is 0 Å². The highest BCUT2D eigenvalue weighted by molar-refractivity contribution is 5.45. The molecule has 0 spiro atoms. The first-order valence-corrected chi connectivity index (χ1v) is 4.06. The van der Waals surface area contributed by atoms with Gasteiger partial charge in [0, 0.05) is 0 Å². The van der Waals surface area contributed by atoms with E-state index in [1.165, 1.54) is 0 Å². The first kappa shape index (κ1) is 8.91. The Kier molecular flexibility index (Phi) is 2.97. The van der Waals surface area contributed by atoms with E-state index in [1.807, 2.05) is 32.0 Å². The normalized spacial score (nSPS) is 9.58. The van der Waals surface area contributed by atoms with Crippen molar-refractivity contribution >= 4 is 0 Å². The molecule has 0 radical (unpaired) electrons. The van der Waals surface area contributed by atoms with E-state index in [-0.39, 0.29) is 0 Å². The van der Waals surface area contributed by atoms with Crippen LogP contribution in [0.25, 0.3) is 0 Å². The average molecular weight is 166 g/mol. The molecule has 0 saturated heterocycles. The highest BCUT2D eigenvalue weighted by Gasteiger charge is 2.04. The molecule has 0 unspecified atom stereocenters. The van der Waals surface area contributed by atoms with Gasteiger partial charge in [-0.05, 0) is 25.5 Å². The minimum atomic E-state index is 0.666. The van der Waals surface area contributed by atoms with Gasteiger partial charge in [0.1, 0.15) is 0 Å². The van der Waals surface area contributed by atoms with Crippen molar-refractivity contribution in [1.29, 1.82) is 0 Å². The SMILES string of the molecule is CCOc1cccc(C)c1OC. The topological polar surface area (TPSA) is 18.5 Å². The van der Waals surface area contributed by atoms with Crippen LogP contribution in [0.4, 0.5) is 0 Å². The van der Waals surface area contributed by atoms with Gasteiger partial charge in [-0.1, -0.05) is 12.1 Å². The van der Waals surface area contributed by atoms with E-state index in [2.05, 4.69) is 0 Å². The lowest BCUT2D eigenvalue weighted by molar-refractivity contribution is 0.310. The molecule has 0 aliphatic heterocycles. The monoisotopic (exact) mass is 166 g/mol. The quantitative estimate of drug-likeness (QED) is 0.686. The first-order valence-electron chi connectivity index (χ1n) is 4.06. The van der Waals surface area contributed by atoms with Gasteiger partial charge in [0.2, 0.25) is 0 Å². The van der Waals surface area contributed by atoms with E-state index in [4.69, 9.17) is 9.47 Å². The van der Waals surface area contributed by atoms with E-state index in [9.17, 15) is 0 Å². The van der Waals surface area contributed by atoms with Crippen molar-refractivity contribution in [3.8, 4) is 11.5 Å². The Morgan fingerprint density at radius 2 is 2.08 bits per heavy atom. The molecule has 0 bridgehead atoms. The zero-order chi connectivity index (χ0) is 8.97. The Hall–Kier alpha value is -1.18. The first-order chi connectivity index (χ1) is 5.79. The van der Waals surface area contributed by atoms with Crippen LogP contribution in [0.1, 0.15) is 12.5 Å². The zero-order valence-electron chi connectivity index (χ0n) is 7.76. The van der Waals surface area contributed by atoms with Gasteiger partial charge in [-0.15, -0.1) is 0 Å². The smallest absolute Gasteiger partial charge is 0.163 e.